The first-order valence-corrected chi connectivity index (χ1v) is 15.8. The number of nitrogens with one attached hydrogen (secondary N) is 1. The SMILES string of the molecule is COc1ccc(-c2nc(NC(=O)c3c4c(nc5ccccc35)/C(=C/c3cccc(Oc5ccccc5)c3)CC4)sc2C)cc1OC. The molecule has 2 heterocycles. The van der Waals surface area contributed by atoms with Crippen LogP contribution in [-0.4, -0.2) is 30.1 Å². The lowest BCUT2D eigenvalue weighted by Crippen LogP contribution is -2.15. The maximum atomic E-state index is 14.1. The molecule has 2 aromatic heterocycles. The van der Waals surface area contributed by atoms with Crippen molar-refractivity contribution in [1.29, 1.82) is 0 Å². The molecule has 4 aromatic carbocycles. The maximum absolute atomic E-state index is 14.1. The zero-order valence-corrected chi connectivity index (χ0v) is 26.5. The molecule has 0 fully saturated rings. The highest BCUT2D eigenvalue weighted by Gasteiger charge is 2.27. The standard InChI is InChI=1S/C38H31N3O4S/c1-23-35(26-17-19-32(43-2)33(22-26)44-3)40-38(46-23)41-37(42)34-29-14-7-8-15-31(29)39-36-25(16-18-30(34)36)20-24-10-9-13-28(21-24)45-27-11-5-4-6-12-27/h4-15,17,19-22H,16,18H2,1-3H3,(H,40,41,42)/b25-20+. The van der Waals surface area contributed by atoms with Crippen LogP contribution in [0.3, 0.4) is 0 Å². The number of carbonyl (C=O) groups is 1. The van der Waals surface area contributed by atoms with E-state index < -0.39 is 0 Å². The third-order valence-corrected chi connectivity index (χ3v) is 8.91. The van der Waals surface area contributed by atoms with Gasteiger partial charge in [0.1, 0.15) is 11.5 Å². The lowest BCUT2D eigenvalue weighted by Gasteiger charge is -2.12. The zero-order chi connectivity index (χ0) is 31.6. The average molecular weight is 626 g/mol. The average Bonchev–Trinajstić information content (AvgIpc) is 3.65. The maximum Gasteiger partial charge on any atom is 0.258 e. The minimum atomic E-state index is -0.193. The van der Waals surface area contributed by atoms with Gasteiger partial charge in [0.25, 0.3) is 5.91 Å². The minimum Gasteiger partial charge on any atom is -0.493 e. The number of allylic oxidation sites excluding steroid dienone is 1. The van der Waals surface area contributed by atoms with E-state index in [2.05, 4.69) is 17.5 Å². The molecule has 228 valence electrons. The number of benzene rings is 4. The van der Waals surface area contributed by atoms with Crippen LogP contribution in [0.1, 0.15) is 38.5 Å². The molecule has 0 spiro atoms. The second-order valence-corrected chi connectivity index (χ2v) is 12.1. The molecule has 0 unspecified atom stereocenters. The van der Waals surface area contributed by atoms with Crippen molar-refractivity contribution < 1.29 is 19.0 Å². The molecule has 0 aliphatic heterocycles. The van der Waals surface area contributed by atoms with E-state index in [1.807, 2.05) is 97.9 Å². The van der Waals surface area contributed by atoms with E-state index in [0.717, 1.165) is 73.8 Å². The van der Waals surface area contributed by atoms with Crippen LogP contribution in [0.2, 0.25) is 0 Å². The highest BCUT2D eigenvalue weighted by Crippen LogP contribution is 2.40. The van der Waals surface area contributed by atoms with Crippen molar-refractivity contribution >= 4 is 44.9 Å². The Hall–Kier alpha value is -5.47. The number of para-hydroxylation sites is 2. The largest absolute Gasteiger partial charge is 0.493 e. The molecule has 0 saturated heterocycles. The van der Waals surface area contributed by atoms with E-state index in [1.54, 1.807) is 14.2 Å². The van der Waals surface area contributed by atoms with Crippen LogP contribution in [-0.2, 0) is 6.42 Å². The van der Waals surface area contributed by atoms with E-state index in [4.69, 9.17) is 24.2 Å². The van der Waals surface area contributed by atoms with Gasteiger partial charge in [-0.1, -0.05) is 48.5 Å². The van der Waals surface area contributed by atoms with Crippen molar-refractivity contribution in [3.05, 3.63) is 124 Å². The summed E-state index contributed by atoms with van der Waals surface area (Å²) in [5.41, 5.74) is 7.01. The van der Waals surface area contributed by atoms with Gasteiger partial charge in [0, 0.05) is 15.8 Å². The molecule has 46 heavy (non-hydrogen) atoms. The predicted molar refractivity (Wildman–Crippen MR) is 184 cm³/mol. The Labute approximate surface area is 271 Å². The molecule has 1 aliphatic rings. The third kappa shape index (κ3) is 5.71. The van der Waals surface area contributed by atoms with Gasteiger partial charge in [-0.2, -0.15) is 0 Å². The second-order valence-electron chi connectivity index (χ2n) is 10.9. The Kier molecular flexibility index (Phi) is 7.95. The number of aryl methyl sites for hydroxylation is 1. The summed E-state index contributed by atoms with van der Waals surface area (Å²) in [5.74, 6) is 2.62. The first kappa shape index (κ1) is 29.3. The van der Waals surface area contributed by atoms with Crippen molar-refractivity contribution in [1.82, 2.24) is 9.97 Å². The molecule has 0 bridgehead atoms. The fraction of sp³-hybridized carbons (Fsp3) is 0.132. The van der Waals surface area contributed by atoms with Crippen molar-refractivity contribution in [3.8, 4) is 34.3 Å². The first-order chi connectivity index (χ1) is 22.5. The van der Waals surface area contributed by atoms with Gasteiger partial charge in [0.2, 0.25) is 0 Å². The van der Waals surface area contributed by atoms with Gasteiger partial charge in [-0.3, -0.25) is 10.1 Å². The number of methoxy groups -OCH3 is 2. The van der Waals surface area contributed by atoms with E-state index in [9.17, 15) is 4.79 Å². The minimum absolute atomic E-state index is 0.193. The highest BCUT2D eigenvalue weighted by atomic mass is 32.1. The van der Waals surface area contributed by atoms with E-state index in [0.29, 0.717) is 22.2 Å². The molecule has 1 aliphatic carbocycles. The number of anilines is 1. The topological polar surface area (TPSA) is 82.6 Å². The van der Waals surface area contributed by atoms with E-state index >= 15 is 0 Å². The summed E-state index contributed by atoms with van der Waals surface area (Å²) in [6.45, 7) is 2.00. The van der Waals surface area contributed by atoms with Gasteiger partial charge in [-0.25, -0.2) is 9.97 Å². The number of nitrogens with zero attached hydrogens (tertiary/aromatic N) is 2. The summed E-state index contributed by atoms with van der Waals surface area (Å²) in [4.78, 5) is 24.9. The van der Waals surface area contributed by atoms with Gasteiger partial charge in [0.05, 0.1) is 36.7 Å². The quantitative estimate of drug-likeness (QED) is 0.182. The van der Waals surface area contributed by atoms with Gasteiger partial charge < -0.3 is 14.2 Å². The van der Waals surface area contributed by atoms with Crippen LogP contribution in [0.15, 0.2) is 97.1 Å². The van der Waals surface area contributed by atoms with Crippen LogP contribution in [0.4, 0.5) is 5.13 Å². The summed E-state index contributed by atoms with van der Waals surface area (Å²) in [6, 6.07) is 31.3. The Bertz CT molecular complexity index is 2120. The normalized spacial score (nSPS) is 13.1. The summed E-state index contributed by atoms with van der Waals surface area (Å²) >= 11 is 1.44. The summed E-state index contributed by atoms with van der Waals surface area (Å²) in [5, 5.41) is 4.47. The molecular weight excluding hydrogens is 595 g/mol. The van der Waals surface area contributed by atoms with Gasteiger partial charge in [0.15, 0.2) is 16.6 Å². The number of fused-ring (bicyclic) bond motifs is 2. The fourth-order valence-electron chi connectivity index (χ4n) is 5.89. The summed E-state index contributed by atoms with van der Waals surface area (Å²) < 4.78 is 16.9. The van der Waals surface area contributed by atoms with Crippen LogP contribution in [0, 0.1) is 6.92 Å². The number of rotatable bonds is 8. The molecule has 7 nitrogen and oxygen atoms in total. The number of hydrogen-bond donors (Lipinski definition) is 1. The number of ether oxygens (including phenoxy) is 3. The number of aromatic nitrogens is 2. The number of carbonyl (C=O) groups excluding carboxylic acids is 1. The lowest BCUT2D eigenvalue weighted by atomic mass is 10.00. The molecular formula is C38H31N3O4S. The van der Waals surface area contributed by atoms with Crippen molar-refractivity contribution in [2.75, 3.05) is 19.5 Å². The lowest BCUT2D eigenvalue weighted by molar-refractivity contribution is 0.102. The Balaban J connectivity index is 1.21. The monoisotopic (exact) mass is 625 g/mol. The first-order valence-electron chi connectivity index (χ1n) is 15.0. The van der Waals surface area contributed by atoms with E-state index in [1.165, 1.54) is 11.3 Å². The molecule has 6 aromatic rings. The van der Waals surface area contributed by atoms with Crippen LogP contribution < -0.4 is 19.5 Å². The fourth-order valence-corrected chi connectivity index (χ4v) is 6.72. The van der Waals surface area contributed by atoms with Crippen LogP contribution in [0.5, 0.6) is 23.0 Å². The molecule has 0 radical (unpaired) electrons. The number of amides is 1. The molecule has 1 N–H and O–H groups in total. The summed E-state index contributed by atoms with van der Waals surface area (Å²) in [6.07, 6.45) is 3.64. The van der Waals surface area contributed by atoms with Crippen molar-refractivity contribution in [2.45, 2.75) is 19.8 Å². The van der Waals surface area contributed by atoms with Gasteiger partial charge in [-0.15, -0.1) is 11.3 Å². The molecule has 8 heteroatoms. The molecule has 0 atom stereocenters. The van der Waals surface area contributed by atoms with Gasteiger partial charge >= 0.3 is 0 Å². The molecule has 7 rings (SSSR count). The number of thiazole rings is 1. The van der Waals surface area contributed by atoms with Crippen LogP contribution >= 0.6 is 11.3 Å². The molecule has 0 saturated carbocycles. The van der Waals surface area contributed by atoms with Crippen molar-refractivity contribution in [3.63, 3.8) is 0 Å². The third-order valence-electron chi connectivity index (χ3n) is 8.02. The number of hydrogen-bond acceptors (Lipinski definition) is 7. The molecule has 1 amide bonds. The Morgan fingerprint density at radius 3 is 2.41 bits per heavy atom. The predicted octanol–water partition coefficient (Wildman–Crippen LogP) is 9.22. The highest BCUT2D eigenvalue weighted by molar-refractivity contribution is 7.16. The summed E-state index contributed by atoms with van der Waals surface area (Å²) in [7, 11) is 3.22. The Morgan fingerprint density at radius 2 is 1.59 bits per heavy atom. The smallest absolute Gasteiger partial charge is 0.258 e. The van der Waals surface area contributed by atoms with E-state index in [-0.39, 0.29) is 5.91 Å². The van der Waals surface area contributed by atoms with Crippen LogP contribution in [0.25, 0.3) is 33.8 Å². The van der Waals surface area contributed by atoms with Crippen molar-refractivity contribution in [2.24, 2.45) is 0 Å². The van der Waals surface area contributed by atoms with Gasteiger partial charge in [-0.05, 0) is 91.1 Å². The Morgan fingerprint density at radius 1 is 0.804 bits per heavy atom. The number of pyridine rings is 1. The zero-order valence-electron chi connectivity index (χ0n) is 25.7. The second kappa shape index (κ2) is 12.5.